The van der Waals surface area contributed by atoms with E-state index in [4.69, 9.17) is 14.2 Å². The normalized spacial score (nSPS) is 23.2. The first-order chi connectivity index (χ1) is 12.3. The van der Waals surface area contributed by atoms with Gasteiger partial charge in [0.05, 0.1) is 0 Å². The fraction of sp³-hybridized carbons (Fsp3) is 0.722. The molecule has 1 aliphatic heterocycles. The van der Waals surface area contributed by atoms with Crippen LogP contribution in [-0.4, -0.2) is 28.3 Å². The molecule has 136 valence electrons. The van der Waals surface area contributed by atoms with Crippen LogP contribution in [0, 0.1) is 0 Å². The molecule has 2 aromatic rings. The number of aromatic nitrogens is 3. The lowest BCUT2D eigenvalue weighted by Gasteiger charge is -2.34. The third kappa shape index (κ3) is 3.31. The summed E-state index contributed by atoms with van der Waals surface area (Å²) in [5.41, 5.74) is -0.347. The zero-order valence-corrected chi connectivity index (χ0v) is 15.6. The van der Waals surface area contributed by atoms with Crippen LogP contribution in [0.4, 0.5) is 5.13 Å². The number of nitrogens with zero attached hydrogens (tertiary/aromatic N) is 4. The van der Waals surface area contributed by atoms with Crippen molar-refractivity contribution in [3.05, 3.63) is 23.3 Å². The van der Waals surface area contributed by atoms with E-state index < -0.39 is 0 Å². The highest BCUT2D eigenvalue weighted by molar-refractivity contribution is 7.13. The highest BCUT2D eigenvalue weighted by Gasteiger charge is 2.41. The van der Waals surface area contributed by atoms with E-state index >= 15 is 0 Å². The minimum absolute atomic E-state index is 0.138. The van der Waals surface area contributed by atoms with E-state index in [0.29, 0.717) is 5.89 Å². The molecule has 1 saturated heterocycles. The number of hydrogen-bond donors (Lipinski definition) is 0. The Morgan fingerprint density at radius 1 is 1.32 bits per heavy atom. The van der Waals surface area contributed by atoms with Gasteiger partial charge in [-0.1, -0.05) is 31.3 Å². The Hall–Kier alpha value is -1.47. The lowest BCUT2D eigenvalue weighted by Crippen LogP contribution is -2.34. The van der Waals surface area contributed by atoms with Gasteiger partial charge in [0.2, 0.25) is 11.7 Å². The Morgan fingerprint density at radius 3 is 2.96 bits per heavy atom. The first-order valence-electron chi connectivity index (χ1n) is 9.46. The molecule has 25 heavy (non-hydrogen) atoms. The van der Waals surface area contributed by atoms with Crippen LogP contribution in [0.3, 0.4) is 0 Å². The van der Waals surface area contributed by atoms with Gasteiger partial charge in [0.1, 0.15) is 11.6 Å². The lowest BCUT2D eigenvalue weighted by molar-refractivity contribution is -0.0829. The van der Waals surface area contributed by atoms with Gasteiger partial charge < -0.3 is 14.2 Å². The molecule has 0 N–H and O–H groups in total. The maximum Gasteiger partial charge on any atom is 0.249 e. The van der Waals surface area contributed by atoms with Gasteiger partial charge >= 0.3 is 0 Å². The van der Waals surface area contributed by atoms with E-state index in [1.54, 1.807) is 11.3 Å². The van der Waals surface area contributed by atoms with Crippen molar-refractivity contribution in [2.24, 2.45) is 0 Å². The average Bonchev–Trinajstić information content (AvgIpc) is 3.40. The van der Waals surface area contributed by atoms with E-state index in [1.165, 1.54) is 19.3 Å². The molecule has 1 unspecified atom stereocenters. The van der Waals surface area contributed by atoms with Gasteiger partial charge in [0.25, 0.3) is 0 Å². The minimum atomic E-state index is -0.347. The van der Waals surface area contributed by atoms with E-state index in [2.05, 4.69) is 22.0 Å². The number of hydrogen-bond acceptors (Lipinski definition) is 7. The predicted molar refractivity (Wildman–Crippen MR) is 96.7 cm³/mol. The SMILES string of the molecule is CCCOC1(c2noc(C3CCCN3c3nccs3)n2)CCCCC1. The summed E-state index contributed by atoms with van der Waals surface area (Å²) in [5.74, 6) is 1.47. The van der Waals surface area contributed by atoms with E-state index in [9.17, 15) is 0 Å². The summed E-state index contributed by atoms with van der Waals surface area (Å²) in [6.07, 6.45) is 10.6. The second-order valence-corrected chi connectivity index (χ2v) is 7.90. The predicted octanol–water partition coefficient (Wildman–Crippen LogP) is 4.45. The van der Waals surface area contributed by atoms with Gasteiger partial charge in [0.15, 0.2) is 5.13 Å². The largest absolute Gasteiger partial charge is 0.367 e. The van der Waals surface area contributed by atoms with Gasteiger partial charge in [-0.15, -0.1) is 11.3 Å². The number of thiazole rings is 1. The van der Waals surface area contributed by atoms with Crippen molar-refractivity contribution in [3.8, 4) is 0 Å². The van der Waals surface area contributed by atoms with Crippen molar-refractivity contribution in [1.29, 1.82) is 0 Å². The fourth-order valence-electron chi connectivity index (χ4n) is 4.02. The van der Waals surface area contributed by atoms with Gasteiger partial charge in [-0.2, -0.15) is 4.98 Å². The monoisotopic (exact) mass is 362 g/mol. The van der Waals surface area contributed by atoms with Crippen molar-refractivity contribution in [2.45, 2.75) is 69.9 Å². The number of rotatable bonds is 6. The summed E-state index contributed by atoms with van der Waals surface area (Å²) in [6, 6.07) is 0.138. The molecule has 0 radical (unpaired) electrons. The summed E-state index contributed by atoms with van der Waals surface area (Å²) >= 11 is 1.66. The molecule has 2 aliphatic rings. The minimum Gasteiger partial charge on any atom is -0.367 e. The molecule has 4 rings (SSSR count). The van der Waals surface area contributed by atoms with Crippen LogP contribution in [-0.2, 0) is 10.3 Å². The van der Waals surface area contributed by atoms with Crippen molar-refractivity contribution in [2.75, 3.05) is 18.1 Å². The first-order valence-corrected chi connectivity index (χ1v) is 10.3. The molecule has 0 amide bonds. The maximum absolute atomic E-state index is 6.27. The summed E-state index contributed by atoms with van der Waals surface area (Å²) < 4.78 is 12.0. The molecule has 7 heteroatoms. The van der Waals surface area contributed by atoms with Crippen LogP contribution in [0.1, 0.15) is 76.0 Å². The molecule has 6 nitrogen and oxygen atoms in total. The van der Waals surface area contributed by atoms with E-state index in [0.717, 1.165) is 56.2 Å². The fourth-order valence-corrected chi connectivity index (χ4v) is 4.74. The van der Waals surface area contributed by atoms with Crippen LogP contribution >= 0.6 is 11.3 Å². The van der Waals surface area contributed by atoms with Gasteiger partial charge in [0, 0.05) is 24.7 Å². The Balaban J connectivity index is 1.58. The first kappa shape index (κ1) is 17.0. The van der Waals surface area contributed by atoms with E-state index in [1.807, 2.05) is 11.6 Å². The molecule has 2 aromatic heterocycles. The zero-order valence-electron chi connectivity index (χ0n) is 14.8. The third-order valence-electron chi connectivity index (χ3n) is 5.30. The maximum atomic E-state index is 6.27. The Morgan fingerprint density at radius 2 is 2.20 bits per heavy atom. The van der Waals surface area contributed by atoms with Crippen LogP contribution in [0.15, 0.2) is 16.1 Å². The summed E-state index contributed by atoms with van der Waals surface area (Å²) in [6.45, 7) is 3.88. The van der Waals surface area contributed by atoms with Gasteiger partial charge in [-0.05, 0) is 32.1 Å². The topological polar surface area (TPSA) is 64.3 Å². The molecule has 1 aliphatic carbocycles. The second-order valence-electron chi connectivity index (χ2n) is 7.03. The van der Waals surface area contributed by atoms with E-state index in [-0.39, 0.29) is 11.6 Å². The van der Waals surface area contributed by atoms with Gasteiger partial charge in [-0.3, -0.25) is 0 Å². The standard InChI is InChI=1S/C18H26N4O2S/c1-2-12-23-18(8-4-3-5-9-18)16-20-15(24-21-16)14-7-6-11-22(14)17-19-10-13-25-17/h10,13-14H,2-9,11-12H2,1H3. The Labute approximate surface area is 152 Å². The van der Waals surface area contributed by atoms with Crippen molar-refractivity contribution in [3.63, 3.8) is 0 Å². The summed E-state index contributed by atoms with van der Waals surface area (Å²) in [5, 5.41) is 7.42. The number of anilines is 1. The summed E-state index contributed by atoms with van der Waals surface area (Å²) in [4.78, 5) is 11.6. The summed E-state index contributed by atoms with van der Waals surface area (Å²) in [7, 11) is 0. The molecule has 1 saturated carbocycles. The smallest absolute Gasteiger partial charge is 0.249 e. The number of ether oxygens (including phenoxy) is 1. The Bertz CT molecular complexity index is 666. The van der Waals surface area contributed by atoms with Crippen LogP contribution in [0.5, 0.6) is 0 Å². The molecule has 0 aromatic carbocycles. The zero-order chi connectivity index (χ0) is 17.1. The van der Waals surface area contributed by atoms with Crippen molar-refractivity contribution >= 4 is 16.5 Å². The molecule has 3 heterocycles. The van der Waals surface area contributed by atoms with Crippen LogP contribution in [0.2, 0.25) is 0 Å². The van der Waals surface area contributed by atoms with Crippen LogP contribution in [0.25, 0.3) is 0 Å². The lowest BCUT2D eigenvalue weighted by atomic mass is 9.84. The highest BCUT2D eigenvalue weighted by Crippen LogP contribution is 2.41. The average molecular weight is 362 g/mol. The Kier molecular flexibility index (Phi) is 5.03. The second kappa shape index (κ2) is 7.41. The molecule has 0 bridgehead atoms. The molecular formula is C18H26N4O2S. The quantitative estimate of drug-likeness (QED) is 0.756. The third-order valence-corrected chi connectivity index (χ3v) is 6.10. The van der Waals surface area contributed by atoms with Crippen LogP contribution < -0.4 is 4.90 Å². The van der Waals surface area contributed by atoms with Crippen molar-refractivity contribution in [1.82, 2.24) is 15.1 Å². The molecule has 0 spiro atoms. The molecule has 1 atom stereocenters. The molecule has 2 fully saturated rings. The highest BCUT2D eigenvalue weighted by atomic mass is 32.1. The molecular weight excluding hydrogens is 336 g/mol. The van der Waals surface area contributed by atoms with Gasteiger partial charge in [-0.25, -0.2) is 4.98 Å². The van der Waals surface area contributed by atoms with Crippen molar-refractivity contribution < 1.29 is 9.26 Å².